The van der Waals surface area contributed by atoms with Crippen molar-refractivity contribution in [1.82, 2.24) is 14.9 Å². The number of hydrogen-bond acceptors (Lipinski definition) is 4. The number of aryl methyl sites for hydroxylation is 1. The van der Waals surface area contributed by atoms with E-state index in [0.717, 1.165) is 47.7 Å². The molecule has 0 bridgehead atoms. The molecule has 3 aromatic rings. The van der Waals surface area contributed by atoms with Gasteiger partial charge in [0.25, 0.3) is 0 Å². The Bertz CT molecular complexity index is 980. The lowest BCUT2D eigenvalue weighted by Gasteiger charge is -2.16. The lowest BCUT2D eigenvalue weighted by Crippen LogP contribution is -2.27. The highest BCUT2D eigenvalue weighted by Gasteiger charge is 2.17. The minimum absolute atomic E-state index is 0.207. The van der Waals surface area contributed by atoms with E-state index in [0.29, 0.717) is 6.61 Å². The summed E-state index contributed by atoms with van der Waals surface area (Å²) < 4.78 is 13.3. The Morgan fingerprint density at radius 3 is 2.66 bits per heavy atom. The molecule has 6 heteroatoms. The first kappa shape index (κ1) is 20.5. The van der Waals surface area contributed by atoms with E-state index in [1.54, 1.807) is 7.11 Å². The van der Waals surface area contributed by atoms with Crippen LogP contribution in [0, 0.1) is 0 Å². The highest BCUT2D eigenvalue weighted by atomic mass is 16.5. The highest BCUT2D eigenvalue weighted by molar-refractivity contribution is 5.87. The Morgan fingerprint density at radius 1 is 1.17 bits per heavy atom. The van der Waals surface area contributed by atoms with Crippen LogP contribution >= 0.6 is 0 Å². The first-order valence-electron chi connectivity index (χ1n) is 9.78. The normalized spacial score (nSPS) is 11.8. The Labute approximate surface area is 171 Å². The fourth-order valence-electron chi connectivity index (χ4n) is 3.29. The number of aromatic nitrogens is 2. The molecule has 152 valence electrons. The van der Waals surface area contributed by atoms with Gasteiger partial charge < -0.3 is 19.4 Å². The number of carbonyl (C=O) groups is 1. The fourth-order valence-corrected chi connectivity index (χ4v) is 3.29. The number of fused-ring (bicyclic) bond motifs is 1. The van der Waals surface area contributed by atoms with Crippen LogP contribution in [0.3, 0.4) is 0 Å². The topological polar surface area (TPSA) is 65.4 Å². The summed E-state index contributed by atoms with van der Waals surface area (Å²) in [7, 11) is 1.64. The number of amides is 1. The van der Waals surface area contributed by atoms with Crippen LogP contribution in [0.4, 0.5) is 0 Å². The third kappa shape index (κ3) is 4.96. The Balaban J connectivity index is 1.65. The summed E-state index contributed by atoms with van der Waals surface area (Å²) in [4.78, 5) is 16.5. The third-order valence-electron chi connectivity index (χ3n) is 4.72. The molecule has 0 aliphatic heterocycles. The van der Waals surface area contributed by atoms with Gasteiger partial charge in [0.05, 0.1) is 30.8 Å². The number of ether oxygens (including phenoxy) is 2. The standard InChI is InChI=1S/C23H27N3O3/c1-4-22(27)24-17(2)23-25-18-11-5-6-12-19(18)26(23)15-9-10-16-29-21-14-8-7-13-20(21)28-3/h4-8,11-14,17H,1,9-10,15-16H2,2-3H3,(H,24,27). The van der Waals surface area contributed by atoms with Crippen LogP contribution in [-0.4, -0.2) is 29.2 Å². The predicted octanol–water partition coefficient (Wildman–Crippen LogP) is 4.27. The number of nitrogens with one attached hydrogen (secondary N) is 1. The fraction of sp³-hybridized carbons (Fsp3) is 0.304. The number of nitrogens with zero attached hydrogens (tertiary/aromatic N) is 2. The van der Waals surface area contributed by atoms with E-state index < -0.39 is 0 Å². The average molecular weight is 393 g/mol. The lowest BCUT2D eigenvalue weighted by atomic mass is 10.2. The number of para-hydroxylation sites is 4. The molecule has 29 heavy (non-hydrogen) atoms. The number of benzene rings is 2. The second-order valence-electron chi connectivity index (χ2n) is 6.75. The van der Waals surface area contributed by atoms with E-state index in [1.807, 2.05) is 49.4 Å². The molecule has 0 saturated heterocycles. The maximum atomic E-state index is 11.7. The van der Waals surface area contributed by atoms with E-state index in [2.05, 4.69) is 22.5 Å². The van der Waals surface area contributed by atoms with Crippen LogP contribution in [0.25, 0.3) is 11.0 Å². The van der Waals surface area contributed by atoms with Crippen LogP contribution in [0.2, 0.25) is 0 Å². The Morgan fingerprint density at radius 2 is 1.90 bits per heavy atom. The van der Waals surface area contributed by atoms with Gasteiger partial charge in [0.1, 0.15) is 5.82 Å². The van der Waals surface area contributed by atoms with Crippen LogP contribution in [0.5, 0.6) is 11.5 Å². The second kappa shape index (κ2) is 9.78. The number of carbonyl (C=O) groups excluding carboxylic acids is 1. The van der Waals surface area contributed by atoms with Gasteiger partial charge in [-0.3, -0.25) is 4.79 Å². The van der Waals surface area contributed by atoms with Gasteiger partial charge in [-0.2, -0.15) is 0 Å². The number of hydrogen-bond donors (Lipinski definition) is 1. The molecule has 3 rings (SSSR count). The molecule has 0 spiro atoms. The number of imidazole rings is 1. The molecule has 0 fully saturated rings. The van der Waals surface area contributed by atoms with Gasteiger partial charge >= 0.3 is 0 Å². The summed E-state index contributed by atoms with van der Waals surface area (Å²) in [5, 5.41) is 2.90. The summed E-state index contributed by atoms with van der Waals surface area (Å²) in [6, 6.07) is 15.5. The van der Waals surface area contributed by atoms with Gasteiger partial charge in [0.15, 0.2) is 11.5 Å². The largest absolute Gasteiger partial charge is 0.493 e. The van der Waals surface area contributed by atoms with E-state index in [9.17, 15) is 4.79 Å². The van der Waals surface area contributed by atoms with Crippen LogP contribution < -0.4 is 14.8 Å². The molecule has 1 heterocycles. The Hall–Kier alpha value is -3.28. The van der Waals surface area contributed by atoms with Crippen molar-refractivity contribution in [1.29, 1.82) is 0 Å². The Kier molecular flexibility index (Phi) is 6.89. The smallest absolute Gasteiger partial charge is 0.243 e. The number of methoxy groups -OCH3 is 1. The van der Waals surface area contributed by atoms with Crippen molar-refractivity contribution in [3.8, 4) is 11.5 Å². The molecular weight excluding hydrogens is 366 g/mol. The van der Waals surface area contributed by atoms with Crippen molar-refractivity contribution in [3.63, 3.8) is 0 Å². The van der Waals surface area contributed by atoms with Gasteiger partial charge in [-0.1, -0.05) is 30.8 Å². The van der Waals surface area contributed by atoms with Crippen molar-refractivity contribution >= 4 is 16.9 Å². The summed E-state index contributed by atoms with van der Waals surface area (Å²) in [5.74, 6) is 2.13. The minimum atomic E-state index is -0.210. The molecule has 0 radical (unpaired) electrons. The molecule has 1 amide bonds. The molecule has 0 aliphatic rings. The third-order valence-corrected chi connectivity index (χ3v) is 4.72. The molecule has 1 unspecified atom stereocenters. The molecule has 1 atom stereocenters. The van der Waals surface area contributed by atoms with Crippen LogP contribution in [-0.2, 0) is 11.3 Å². The molecule has 2 aromatic carbocycles. The average Bonchev–Trinajstić information content (AvgIpc) is 3.12. The summed E-state index contributed by atoms with van der Waals surface area (Å²) in [5.41, 5.74) is 1.99. The van der Waals surface area contributed by atoms with E-state index in [1.165, 1.54) is 6.08 Å². The van der Waals surface area contributed by atoms with Gasteiger partial charge in [-0.25, -0.2) is 4.98 Å². The molecule has 1 aromatic heterocycles. The quantitative estimate of drug-likeness (QED) is 0.413. The van der Waals surface area contributed by atoms with Crippen molar-refractivity contribution in [2.45, 2.75) is 32.4 Å². The number of unbranched alkanes of at least 4 members (excludes halogenated alkanes) is 1. The zero-order chi connectivity index (χ0) is 20.6. The van der Waals surface area contributed by atoms with Crippen molar-refractivity contribution in [2.24, 2.45) is 0 Å². The highest BCUT2D eigenvalue weighted by Crippen LogP contribution is 2.26. The minimum Gasteiger partial charge on any atom is -0.493 e. The second-order valence-corrected chi connectivity index (χ2v) is 6.75. The van der Waals surface area contributed by atoms with Gasteiger partial charge in [0, 0.05) is 6.54 Å². The summed E-state index contributed by atoms with van der Waals surface area (Å²) in [6.45, 7) is 6.85. The van der Waals surface area contributed by atoms with Crippen LogP contribution in [0.15, 0.2) is 61.2 Å². The predicted molar refractivity (Wildman–Crippen MR) is 114 cm³/mol. The van der Waals surface area contributed by atoms with Crippen molar-refractivity contribution in [3.05, 3.63) is 67.0 Å². The summed E-state index contributed by atoms with van der Waals surface area (Å²) >= 11 is 0. The first-order chi connectivity index (χ1) is 14.1. The van der Waals surface area contributed by atoms with E-state index in [4.69, 9.17) is 14.5 Å². The van der Waals surface area contributed by atoms with Crippen molar-refractivity contribution < 1.29 is 14.3 Å². The van der Waals surface area contributed by atoms with Gasteiger partial charge in [-0.15, -0.1) is 0 Å². The summed E-state index contributed by atoms with van der Waals surface area (Å²) in [6.07, 6.45) is 3.08. The van der Waals surface area contributed by atoms with E-state index >= 15 is 0 Å². The van der Waals surface area contributed by atoms with E-state index in [-0.39, 0.29) is 11.9 Å². The molecular formula is C23H27N3O3. The molecule has 1 N–H and O–H groups in total. The first-order valence-corrected chi connectivity index (χ1v) is 9.78. The monoisotopic (exact) mass is 393 g/mol. The zero-order valence-corrected chi connectivity index (χ0v) is 16.9. The van der Waals surface area contributed by atoms with Gasteiger partial charge in [-0.05, 0) is 50.1 Å². The molecule has 0 saturated carbocycles. The maximum Gasteiger partial charge on any atom is 0.243 e. The zero-order valence-electron chi connectivity index (χ0n) is 16.9. The molecule has 0 aliphatic carbocycles. The number of rotatable bonds is 10. The van der Waals surface area contributed by atoms with Crippen LogP contribution in [0.1, 0.15) is 31.6 Å². The van der Waals surface area contributed by atoms with Crippen molar-refractivity contribution in [2.75, 3.05) is 13.7 Å². The maximum absolute atomic E-state index is 11.7. The molecule has 6 nitrogen and oxygen atoms in total. The van der Waals surface area contributed by atoms with Gasteiger partial charge in [0.2, 0.25) is 5.91 Å². The lowest BCUT2D eigenvalue weighted by molar-refractivity contribution is -0.117. The SMILES string of the molecule is C=CC(=O)NC(C)c1nc2ccccc2n1CCCCOc1ccccc1OC.